The molecule has 2 heterocycles. The lowest BCUT2D eigenvalue weighted by atomic mass is 10.1. The van der Waals surface area contributed by atoms with Gasteiger partial charge in [-0.05, 0) is 24.6 Å². The Balaban J connectivity index is 1.77. The number of rotatable bonds is 3. The largest absolute Gasteiger partial charge is 0.481 e. The number of carboxylic acids is 1. The normalized spacial score (nSPS) is 17.7. The minimum Gasteiger partial charge on any atom is -0.481 e. The third-order valence-electron chi connectivity index (χ3n) is 3.73. The monoisotopic (exact) mass is 319 g/mol. The maximum Gasteiger partial charge on any atom is 0.308 e. The van der Waals surface area contributed by atoms with Crippen LogP contribution < -0.4 is 0 Å². The molecule has 1 aliphatic heterocycles. The Bertz CT molecular complexity index is 728. The van der Waals surface area contributed by atoms with Gasteiger partial charge in [0.1, 0.15) is 0 Å². The van der Waals surface area contributed by atoms with Gasteiger partial charge in [0.25, 0.3) is 5.91 Å². The molecule has 1 fully saturated rings. The van der Waals surface area contributed by atoms with Crippen LogP contribution in [0.3, 0.4) is 0 Å². The highest BCUT2D eigenvalue weighted by Gasteiger charge is 2.31. The average Bonchev–Trinajstić information content (AvgIpc) is 3.16. The Morgan fingerprint density at radius 2 is 2.18 bits per heavy atom. The van der Waals surface area contributed by atoms with E-state index in [1.54, 1.807) is 34.0 Å². The van der Waals surface area contributed by atoms with E-state index < -0.39 is 11.9 Å². The zero-order valence-electron chi connectivity index (χ0n) is 11.6. The van der Waals surface area contributed by atoms with Crippen LogP contribution in [0.4, 0.5) is 0 Å². The Morgan fingerprint density at radius 3 is 2.86 bits per heavy atom. The minimum absolute atomic E-state index is 0.197. The fourth-order valence-electron chi connectivity index (χ4n) is 2.52. The fraction of sp³-hybridized carbons (Fsp3) is 0.267. The molecule has 0 unspecified atom stereocenters. The maximum absolute atomic E-state index is 12.4. The highest BCUT2D eigenvalue weighted by molar-refractivity contribution is 6.30. The molecule has 0 aliphatic carbocycles. The molecule has 7 heteroatoms. The first-order valence-corrected chi connectivity index (χ1v) is 7.25. The summed E-state index contributed by atoms with van der Waals surface area (Å²) >= 11 is 5.94. The van der Waals surface area contributed by atoms with Crippen LogP contribution in [0.25, 0.3) is 5.69 Å². The quantitative estimate of drug-likeness (QED) is 0.939. The van der Waals surface area contributed by atoms with Crippen molar-refractivity contribution in [1.82, 2.24) is 14.7 Å². The van der Waals surface area contributed by atoms with E-state index in [4.69, 9.17) is 16.7 Å². The van der Waals surface area contributed by atoms with Crippen molar-refractivity contribution in [3.8, 4) is 5.69 Å². The number of carbonyl (C=O) groups is 2. The number of amides is 1. The standard InChI is InChI=1S/C15H14ClN3O3/c16-12-2-1-3-13(6-12)19-9-11(7-17-19)14(20)18-5-4-10(8-18)15(21)22/h1-3,6-7,9-10H,4-5,8H2,(H,21,22)/t10-/m1/s1. The summed E-state index contributed by atoms with van der Waals surface area (Å²) in [7, 11) is 0. The Kier molecular flexibility index (Phi) is 3.85. The summed E-state index contributed by atoms with van der Waals surface area (Å²) in [5.74, 6) is -1.53. The van der Waals surface area contributed by atoms with Crippen LogP contribution in [0.15, 0.2) is 36.7 Å². The molecule has 1 aromatic carbocycles. The number of carboxylic acid groups (broad SMARTS) is 1. The number of hydrogen-bond donors (Lipinski definition) is 1. The molecule has 2 aromatic rings. The van der Waals surface area contributed by atoms with E-state index >= 15 is 0 Å². The van der Waals surface area contributed by atoms with Gasteiger partial charge in [0.15, 0.2) is 0 Å². The second-order valence-electron chi connectivity index (χ2n) is 5.23. The van der Waals surface area contributed by atoms with Crippen LogP contribution in [0, 0.1) is 5.92 Å². The molecule has 6 nitrogen and oxygen atoms in total. The average molecular weight is 320 g/mol. The fourth-order valence-corrected chi connectivity index (χ4v) is 2.71. The predicted octanol–water partition coefficient (Wildman–Crippen LogP) is 2.07. The summed E-state index contributed by atoms with van der Waals surface area (Å²) in [5.41, 5.74) is 1.20. The topological polar surface area (TPSA) is 75.4 Å². The summed E-state index contributed by atoms with van der Waals surface area (Å²) in [4.78, 5) is 24.9. The molecule has 1 saturated heterocycles. The lowest BCUT2D eigenvalue weighted by Crippen LogP contribution is -2.29. The van der Waals surface area contributed by atoms with E-state index in [0.29, 0.717) is 23.6 Å². The molecule has 0 saturated carbocycles. The van der Waals surface area contributed by atoms with Crippen molar-refractivity contribution in [1.29, 1.82) is 0 Å². The smallest absolute Gasteiger partial charge is 0.308 e. The molecule has 1 atom stereocenters. The molecule has 1 N–H and O–H groups in total. The van der Waals surface area contributed by atoms with Gasteiger partial charge in [0.2, 0.25) is 0 Å². The lowest BCUT2D eigenvalue weighted by Gasteiger charge is -2.14. The van der Waals surface area contributed by atoms with Crippen LogP contribution >= 0.6 is 11.6 Å². The molecule has 0 spiro atoms. The first kappa shape index (κ1) is 14.6. The Labute approximate surface area is 131 Å². The Hall–Kier alpha value is -2.34. The summed E-state index contributed by atoms with van der Waals surface area (Å²) in [6, 6.07) is 7.15. The number of nitrogens with zero attached hydrogens (tertiary/aromatic N) is 3. The van der Waals surface area contributed by atoms with E-state index in [0.717, 1.165) is 5.69 Å². The van der Waals surface area contributed by atoms with Gasteiger partial charge in [-0.2, -0.15) is 5.10 Å². The van der Waals surface area contributed by atoms with E-state index in [2.05, 4.69) is 5.10 Å². The zero-order valence-corrected chi connectivity index (χ0v) is 12.4. The van der Waals surface area contributed by atoms with Gasteiger partial charge in [-0.1, -0.05) is 17.7 Å². The number of hydrogen-bond acceptors (Lipinski definition) is 3. The highest BCUT2D eigenvalue weighted by atomic mass is 35.5. The van der Waals surface area contributed by atoms with Crippen molar-refractivity contribution < 1.29 is 14.7 Å². The van der Waals surface area contributed by atoms with Crippen LogP contribution in [0.2, 0.25) is 5.02 Å². The van der Waals surface area contributed by atoms with Crippen LogP contribution in [0.1, 0.15) is 16.8 Å². The SMILES string of the molecule is O=C(O)[C@@H]1CCN(C(=O)c2cnn(-c3cccc(Cl)c3)c2)C1. The summed E-state index contributed by atoms with van der Waals surface area (Å²) in [6.45, 7) is 0.703. The van der Waals surface area contributed by atoms with Crippen molar-refractivity contribution in [3.63, 3.8) is 0 Å². The van der Waals surface area contributed by atoms with Crippen LogP contribution in [0.5, 0.6) is 0 Å². The molecule has 0 radical (unpaired) electrons. The number of likely N-dealkylation sites (tertiary alicyclic amines) is 1. The van der Waals surface area contributed by atoms with Crippen LogP contribution in [-0.2, 0) is 4.79 Å². The first-order chi connectivity index (χ1) is 10.5. The van der Waals surface area contributed by atoms with Gasteiger partial charge in [-0.25, -0.2) is 4.68 Å². The number of carbonyl (C=O) groups excluding carboxylic acids is 1. The first-order valence-electron chi connectivity index (χ1n) is 6.87. The summed E-state index contributed by atoms with van der Waals surface area (Å²) in [6.07, 6.45) is 3.60. The second-order valence-corrected chi connectivity index (χ2v) is 5.66. The number of aromatic nitrogens is 2. The minimum atomic E-state index is -0.857. The summed E-state index contributed by atoms with van der Waals surface area (Å²) in [5, 5.41) is 13.8. The molecule has 22 heavy (non-hydrogen) atoms. The van der Waals surface area contributed by atoms with E-state index in [-0.39, 0.29) is 12.5 Å². The van der Waals surface area contributed by atoms with E-state index in [1.165, 1.54) is 6.20 Å². The molecule has 3 rings (SSSR count). The zero-order chi connectivity index (χ0) is 15.7. The van der Waals surface area contributed by atoms with Gasteiger partial charge in [0.05, 0.1) is 23.4 Å². The lowest BCUT2D eigenvalue weighted by molar-refractivity contribution is -0.141. The second kappa shape index (κ2) is 5.81. The number of halogens is 1. The van der Waals surface area contributed by atoms with Crippen molar-refractivity contribution >= 4 is 23.5 Å². The van der Waals surface area contributed by atoms with E-state index in [9.17, 15) is 9.59 Å². The van der Waals surface area contributed by atoms with Crippen LogP contribution in [-0.4, -0.2) is 44.8 Å². The van der Waals surface area contributed by atoms with Crippen molar-refractivity contribution in [2.75, 3.05) is 13.1 Å². The van der Waals surface area contributed by atoms with Gasteiger partial charge < -0.3 is 10.0 Å². The van der Waals surface area contributed by atoms with Crippen molar-refractivity contribution in [2.24, 2.45) is 5.92 Å². The van der Waals surface area contributed by atoms with Crippen molar-refractivity contribution in [2.45, 2.75) is 6.42 Å². The van der Waals surface area contributed by atoms with E-state index in [1.807, 2.05) is 6.07 Å². The third kappa shape index (κ3) is 2.82. The summed E-state index contributed by atoms with van der Waals surface area (Å²) < 4.78 is 1.57. The van der Waals surface area contributed by atoms with Gasteiger partial charge in [-0.15, -0.1) is 0 Å². The van der Waals surface area contributed by atoms with Crippen molar-refractivity contribution in [3.05, 3.63) is 47.2 Å². The van der Waals surface area contributed by atoms with Gasteiger partial charge in [0, 0.05) is 24.3 Å². The molecular formula is C15H14ClN3O3. The molecular weight excluding hydrogens is 306 g/mol. The third-order valence-corrected chi connectivity index (χ3v) is 3.96. The maximum atomic E-state index is 12.4. The van der Waals surface area contributed by atoms with Gasteiger partial charge >= 0.3 is 5.97 Å². The predicted molar refractivity (Wildman–Crippen MR) is 80.2 cm³/mol. The molecule has 0 bridgehead atoms. The molecule has 1 aromatic heterocycles. The highest BCUT2D eigenvalue weighted by Crippen LogP contribution is 2.20. The molecule has 1 amide bonds. The Morgan fingerprint density at radius 1 is 1.36 bits per heavy atom. The van der Waals surface area contributed by atoms with Gasteiger partial charge in [-0.3, -0.25) is 9.59 Å². The molecule has 1 aliphatic rings. The number of benzene rings is 1. The number of aliphatic carboxylic acids is 1. The molecule has 114 valence electrons.